The second kappa shape index (κ2) is 5.34. The number of aliphatic carboxylic acids is 1. The Morgan fingerprint density at radius 2 is 1.74 bits per heavy atom. The molecule has 0 radical (unpaired) electrons. The predicted molar refractivity (Wildman–Crippen MR) is 64.5 cm³/mol. The average Bonchev–Trinajstić information content (AvgIpc) is 2.32. The highest BCUT2D eigenvalue weighted by molar-refractivity contribution is 5.87. The minimum absolute atomic E-state index is 0.361. The van der Waals surface area contributed by atoms with Gasteiger partial charge in [0, 0.05) is 12.6 Å². The number of halogens is 2. The number of nitrogens with zero attached hydrogens (tertiary/aromatic N) is 1. The standard InChI is InChI=1S/C13H15F2NO3/c1-13(2,12(18)19)16(3)11(17)7-8-9(14)5-4-6-10(8)15/h4-6H,7H2,1-3H3,(H,18,19). The number of carboxylic acid groups (broad SMARTS) is 1. The summed E-state index contributed by atoms with van der Waals surface area (Å²) >= 11 is 0. The van der Waals surface area contributed by atoms with Crippen LogP contribution in [-0.2, 0) is 16.0 Å². The number of carbonyl (C=O) groups is 2. The molecule has 0 fully saturated rings. The summed E-state index contributed by atoms with van der Waals surface area (Å²) in [5, 5.41) is 8.99. The lowest BCUT2D eigenvalue weighted by atomic mass is 10.0. The molecule has 6 heteroatoms. The average molecular weight is 271 g/mol. The molecule has 4 nitrogen and oxygen atoms in total. The first-order valence-electron chi connectivity index (χ1n) is 5.61. The third-order valence-corrected chi connectivity index (χ3v) is 3.13. The zero-order valence-corrected chi connectivity index (χ0v) is 10.9. The molecule has 0 saturated carbocycles. The number of rotatable bonds is 4. The van der Waals surface area contributed by atoms with Crippen LogP contribution in [0.3, 0.4) is 0 Å². The van der Waals surface area contributed by atoms with Crippen molar-refractivity contribution in [2.45, 2.75) is 25.8 Å². The van der Waals surface area contributed by atoms with Crippen molar-refractivity contribution in [1.82, 2.24) is 4.90 Å². The molecule has 0 bridgehead atoms. The SMILES string of the molecule is CN(C(=O)Cc1c(F)cccc1F)C(C)(C)C(=O)O. The fourth-order valence-corrected chi connectivity index (χ4v) is 1.43. The molecule has 1 aromatic carbocycles. The van der Waals surface area contributed by atoms with Crippen molar-refractivity contribution in [3.05, 3.63) is 35.4 Å². The maximum atomic E-state index is 13.4. The van der Waals surface area contributed by atoms with Gasteiger partial charge in [0.1, 0.15) is 17.2 Å². The summed E-state index contributed by atoms with van der Waals surface area (Å²) in [7, 11) is 1.29. The molecule has 19 heavy (non-hydrogen) atoms. The maximum absolute atomic E-state index is 13.4. The Balaban J connectivity index is 2.95. The van der Waals surface area contributed by atoms with Gasteiger partial charge in [-0.15, -0.1) is 0 Å². The summed E-state index contributed by atoms with van der Waals surface area (Å²) in [6, 6.07) is 3.30. The Morgan fingerprint density at radius 1 is 1.26 bits per heavy atom. The van der Waals surface area contributed by atoms with Crippen LogP contribution in [0.25, 0.3) is 0 Å². The quantitative estimate of drug-likeness (QED) is 0.909. The number of carbonyl (C=O) groups excluding carboxylic acids is 1. The van der Waals surface area contributed by atoms with Crippen LogP contribution in [0.2, 0.25) is 0 Å². The number of benzene rings is 1. The van der Waals surface area contributed by atoms with Crippen molar-refractivity contribution >= 4 is 11.9 Å². The van der Waals surface area contributed by atoms with E-state index >= 15 is 0 Å². The predicted octanol–water partition coefficient (Wildman–Crippen LogP) is 1.83. The molecule has 0 heterocycles. The van der Waals surface area contributed by atoms with Gasteiger partial charge in [0.25, 0.3) is 0 Å². The highest BCUT2D eigenvalue weighted by Crippen LogP contribution is 2.17. The van der Waals surface area contributed by atoms with Gasteiger partial charge in [-0.05, 0) is 26.0 Å². The molecule has 1 N–H and O–H groups in total. The van der Waals surface area contributed by atoms with Gasteiger partial charge in [-0.1, -0.05) is 6.07 Å². The Hall–Kier alpha value is -1.98. The summed E-state index contributed by atoms with van der Waals surface area (Å²) in [5.41, 5.74) is -1.81. The molecule has 0 aromatic heterocycles. The smallest absolute Gasteiger partial charge is 0.329 e. The van der Waals surface area contributed by atoms with Crippen LogP contribution in [0.4, 0.5) is 8.78 Å². The Morgan fingerprint density at radius 3 is 2.16 bits per heavy atom. The van der Waals surface area contributed by atoms with Crippen molar-refractivity contribution in [2.24, 2.45) is 0 Å². The van der Waals surface area contributed by atoms with E-state index in [1.165, 1.54) is 27.0 Å². The zero-order chi connectivity index (χ0) is 14.8. The molecule has 0 saturated heterocycles. The lowest BCUT2D eigenvalue weighted by Gasteiger charge is -2.31. The third kappa shape index (κ3) is 3.07. The van der Waals surface area contributed by atoms with E-state index in [1.54, 1.807) is 0 Å². The van der Waals surface area contributed by atoms with Gasteiger partial charge < -0.3 is 10.0 Å². The van der Waals surface area contributed by atoms with Gasteiger partial charge in [-0.25, -0.2) is 13.6 Å². The summed E-state index contributed by atoms with van der Waals surface area (Å²) in [6.07, 6.45) is -0.522. The van der Waals surface area contributed by atoms with Crippen LogP contribution in [-0.4, -0.2) is 34.5 Å². The summed E-state index contributed by atoms with van der Waals surface area (Å²) < 4.78 is 26.8. The number of hydrogen-bond acceptors (Lipinski definition) is 2. The second-order valence-corrected chi connectivity index (χ2v) is 4.69. The van der Waals surface area contributed by atoms with Crippen molar-refractivity contribution in [3.8, 4) is 0 Å². The van der Waals surface area contributed by atoms with Crippen LogP contribution < -0.4 is 0 Å². The summed E-state index contributed by atoms with van der Waals surface area (Å²) in [5.74, 6) is -3.52. The van der Waals surface area contributed by atoms with E-state index in [4.69, 9.17) is 5.11 Å². The first kappa shape index (κ1) is 15.1. The monoisotopic (exact) mass is 271 g/mol. The molecule has 0 aliphatic rings. The van der Waals surface area contributed by atoms with Crippen molar-refractivity contribution in [2.75, 3.05) is 7.05 Å². The van der Waals surface area contributed by atoms with Gasteiger partial charge >= 0.3 is 5.97 Å². The summed E-state index contributed by atoms with van der Waals surface area (Å²) in [6.45, 7) is 2.68. The lowest BCUT2D eigenvalue weighted by Crippen LogP contribution is -2.51. The molecule has 0 aliphatic carbocycles. The molecule has 104 valence electrons. The van der Waals surface area contributed by atoms with Gasteiger partial charge in [-0.2, -0.15) is 0 Å². The van der Waals surface area contributed by atoms with Crippen LogP contribution >= 0.6 is 0 Å². The van der Waals surface area contributed by atoms with E-state index in [9.17, 15) is 18.4 Å². The van der Waals surface area contributed by atoms with E-state index in [2.05, 4.69) is 0 Å². The van der Waals surface area contributed by atoms with Crippen LogP contribution in [0.5, 0.6) is 0 Å². The Kier molecular flexibility index (Phi) is 4.24. The zero-order valence-electron chi connectivity index (χ0n) is 10.9. The number of hydrogen-bond donors (Lipinski definition) is 1. The Bertz CT molecular complexity index is 494. The molecule has 1 aromatic rings. The van der Waals surface area contributed by atoms with Crippen LogP contribution in [0.1, 0.15) is 19.4 Å². The van der Waals surface area contributed by atoms with Gasteiger partial charge in [0.2, 0.25) is 5.91 Å². The minimum atomic E-state index is -1.45. The van der Waals surface area contributed by atoms with Crippen molar-refractivity contribution in [1.29, 1.82) is 0 Å². The number of carboxylic acids is 1. The molecule has 0 aliphatic heterocycles. The highest BCUT2D eigenvalue weighted by Gasteiger charge is 2.35. The molecule has 1 rings (SSSR count). The normalized spacial score (nSPS) is 11.2. The van der Waals surface area contributed by atoms with E-state index in [-0.39, 0.29) is 5.56 Å². The molecule has 0 atom stereocenters. The first-order chi connectivity index (χ1) is 8.67. The highest BCUT2D eigenvalue weighted by atomic mass is 19.1. The van der Waals surface area contributed by atoms with Crippen LogP contribution in [0.15, 0.2) is 18.2 Å². The fraction of sp³-hybridized carbons (Fsp3) is 0.385. The molecular formula is C13H15F2NO3. The number of likely N-dealkylation sites (N-methyl/N-ethyl adjacent to an activating group) is 1. The lowest BCUT2D eigenvalue weighted by molar-refractivity contribution is -0.155. The van der Waals surface area contributed by atoms with Gasteiger partial charge in [0.05, 0.1) is 6.42 Å². The first-order valence-corrected chi connectivity index (χ1v) is 5.61. The Labute approximate surface area is 109 Å². The van der Waals surface area contributed by atoms with Gasteiger partial charge in [0.15, 0.2) is 0 Å². The van der Waals surface area contributed by atoms with Crippen molar-refractivity contribution in [3.63, 3.8) is 0 Å². The summed E-state index contributed by atoms with van der Waals surface area (Å²) in [4.78, 5) is 23.9. The second-order valence-electron chi connectivity index (χ2n) is 4.69. The van der Waals surface area contributed by atoms with E-state index in [1.807, 2.05) is 0 Å². The van der Waals surface area contributed by atoms with E-state index < -0.39 is 35.5 Å². The maximum Gasteiger partial charge on any atom is 0.329 e. The molecular weight excluding hydrogens is 256 g/mol. The fourth-order valence-electron chi connectivity index (χ4n) is 1.43. The topological polar surface area (TPSA) is 57.6 Å². The molecule has 0 spiro atoms. The molecule has 0 unspecified atom stereocenters. The largest absolute Gasteiger partial charge is 0.480 e. The third-order valence-electron chi connectivity index (χ3n) is 3.13. The van der Waals surface area contributed by atoms with Crippen LogP contribution in [0, 0.1) is 11.6 Å². The van der Waals surface area contributed by atoms with Gasteiger partial charge in [-0.3, -0.25) is 4.79 Å². The number of amides is 1. The molecule has 1 amide bonds. The van der Waals surface area contributed by atoms with Crippen molar-refractivity contribution < 1.29 is 23.5 Å². The van der Waals surface area contributed by atoms with E-state index in [0.29, 0.717) is 0 Å². The van der Waals surface area contributed by atoms with E-state index in [0.717, 1.165) is 17.0 Å². The minimum Gasteiger partial charge on any atom is -0.480 e.